The van der Waals surface area contributed by atoms with Crippen LogP contribution >= 0.6 is 0 Å². The van der Waals surface area contributed by atoms with E-state index in [1.807, 2.05) is 0 Å². The van der Waals surface area contributed by atoms with Crippen LogP contribution in [0.5, 0.6) is 0 Å². The largest absolute Gasteiger partial charge is 0.446 e. The maximum absolute atomic E-state index is 13.7. The zero-order valence-corrected chi connectivity index (χ0v) is 12.9. The third-order valence-corrected chi connectivity index (χ3v) is 3.65. The minimum atomic E-state index is -8.09. The molecule has 1 fully saturated rings. The second-order valence-corrected chi connectivity index (χ2v) is 5.68. The zero-order valence-electron chi connectivity index (χ0n) is 12.9. The Kier molecular flexibility index (Phi) is 5.09. The van der Waals surface area contributed by atoms with E-state index in [2.05, 4.69) is 11.3 Å². The molecule has 0 unspecified atom stereocenters. The number of hydrogen-bond donors (Lipinski definition) is 0. The molecule has 0 atom stereocenters. The van der Waals surface area contributed by atoms with Crippen LogP contribution in [0.1, 0.15) is 6.92 Å². The molecule has 1 saturated carbocycles. The van der Waals surface area contributed by atoms with Crippen molar-refractivity contribution in [1.29, 1.82) is 0 Å². The molecular formula is C12H6F14O2. The standard InChI is InChI=1S/C12H6F14O2/c1-3(2)4(27)28-5-6(13,14)8(17,18)10(21,22)12(25,26)11(23,24)9(19,20)7(5,15)16/h5H,1H2,2H3. The van der Waals surface area contributed by atoms with Gasteiger partial charge in [-0.2, -0.15) is 61.5 Å². The maximum Gasteiger partial charge on any atom is 0.384 e. The summed E-state index contributed by atoms with van der Waals surface area (Å²) < 4.78 is 191. The van der Waals surface area contributed by atoms with E-state index in [-0.39, 0.29) is 0 Å². The first-order valence-electron chi connectivity index (χ1n) is 6.47. The molecule has 2 nitrogen and oxygen atoms in total. The predicted molar refractivity (Wildman–Crippen MR) is 59.3 cm³/mol. The van der Waals surface area contributed by atoms with Gasteiger partial charge in [-0.3, -0.25) is 0 Å². The molecule has 0 aromatic rings. The Labute approximate surface area is 145 Å². The molecule has 28 heavy (non-hydrogen) atoms. The van der Waals surface area contributed by atoms with Gasteiger partial charge in [0.05, 0.1) is 0 Å². The average molecular weight is 448 g/mol. The molecular weight excluding hydrogens is 442 g/mol. The van der Waals surface area contributed by atoms with Crippen molar-refractivity contribution in [2.24, 2.45) is 0 Å². The minimum absolute atomic E-state index is 0.454. The quantitative estimate of drug-likeness (QED) is 0.340. The number of esters is 1. The van der Waals surface area contributed by atoms with Gasteiger partial charge >= 0.3 is 47.4 Å². The summed E-state index contributed by atoms with van der Waals surface area (Å²) in [5.74, 6) is -57.1. The summed E-state index contributed by atoms with van der Waals surface area (Å²) in [6.07, 6.45) is -5.71. The molecule has 1 aliphatic rings. The van der Waals surface area contributed by atoms with Crippen LogP contribution in [0.3, 0.4) is 0 Å². The fourth-order valence-electron chi connectivity index (χ4n) is 1.92. The number of carbonyl (C=O) groups is 1. The summed E-state index contributed by atoms with van der Waals surface area (Å²) in [4.78, 5) is 11.1. The normalized spacial score (nSPS) is 29.2. The first-order valence-corrected chi connectivity index (χ1v) is 6.47. The van der Waals surface area contributed by atoms with Crippen molar-refractivity contribution in [3.63, 3.8) is 0 Å². The summed E-state index contributed by atoms with van der Waals surface area (Å²) in [7, 11) is 0. The zero-order chi connectivity index (χ0) is 22.9. The number of carbonyl (C=O) groups excluding carboxylic acids is 1. The predicted octanol–water partition coefficient (Wildman–Crippen LogP) is 4.94. The summed E-state index contributed by atoms with van der Waals surface area (Å²) >= 11 is 0. The maximum atomic E-state index is 13.7. The van der Waals surface area contributed by atoms with E-state index in [0.717, 1.165) is 0 Å². The molecule has 0 aromatic carbocycles. The molecule has 1 rings (SSSR count). The molecule has 1 aliphatic carbocycles. The van der Waals surface area contributed by atoms with Crippen LogP contribution in [-0.4, -0.2) is 53.5 Å². The van der Waals surface area contributed by atoms with Crippen LogP contribution in [0, 0.1) is 0 Å². The smallest absolute Gasteiger partial charge is 0.384 e. The van der Waals surface area contributed by atoms with E-state index in [4.69, 9.17) is 0 Å². The van der Waals surface area contributed by atoms with Gasteiger partial charge in [0.1, 0.15) is 0 Å². The molecule has 0 heterocycles. The Hall–Kier alpha value is -1.77. The first kappa shape index (κ1) is 24.3. The van der Waals surface area contributed by atoms with Crippen LogP contribution in [0.4, 0.5) is 61.5 Å². The lowest BCUT2D eigenvalue weighted by Gasteiger charge is -2.48. The van der Waals surface area contributed by atoms with Crippen molar-refractivity contribution in [2.45, 2.75) is 54.5 Å². The van der Waals surface area contributed by atoms with Gasteiger partial charge in [-0.15, -0.1) is 0 Å². The molecule has 0 bridgehead atoms. The minimum Gasteiger partial charge on any atom is -0.446 e. The third kappa shape index (κ3) is 2.51. The SMILES string of the molecule is C=C(C)C(=O)OC1C(F)(F)C(F)(F)C(F)(F)C(F)(F)C(F)(F)C(F)(F)C1(F)F. The van der Waals surface area contributed by atoms with Gasteiger partial charge in [-0.25, -0.2) is 4.79 Å². The number of halogens is 14. The van der Waals surface area contributed by atoms with E-state index < -0.39 is 59.1 Å². The number of hydrogen-bond acceptors (Lipinski definition) is 2. The van der Waals surface area contributed by atoms with Gasteiger partial charge in [0.15, 0.2) is 0 Å². The summed E-state index contributed by atoms with van der Waals surface area (Å²) in [5.41, 5.74) is -1.22. The lowest BCUT2D eigenvalue weighted by Crippen LogP contribution is -2.80. The van der Waals surface area contributed by atoms with Gasteiger partial charge in [-0.05, 0) is 6.92 Å². The summed E-state index contributed by atoms with van der Waals surface area (Å²) in [5, 5.41) is 0. The van der Waals surface area contributed by atoms with Gasteiger partial charge in [0, 0.05) is 5.57 Å². The van der Waals surface area contributed by atoms with Crippen molar-refractivity contribution in [1.82, 2.24) is 0 Å². The van der Waals surface area contributed by atoms with Gasteiger partial charge in [0.25, 0.3) is 0 Å². The lowest BCUT2D eigenvalue weighted by atomic mass is 9.80. The fourth-order valence-corrected chi connectivity index (χ4v) is 1.92. The number of ether oxygens (including phenoxy) is 1. The van der Waals surface area contributed by atoms with Crippen molar-refractivity contribution in [3.05, 3.63) is 12.2 Å². The topological polar surface area (TPSA) is 26.3 Å². The highest BCUT2D eigenvalue weighted by Gasteiger charge is 2.98. The Morgan fingerprint density at radius 3 is 1.14 bits per heavy atom. The Morgan fingerprint density at radius 2 is 0.893 bits per heavy atom. The highest BCUT2D eigenvalue weighted by Crippen LogP contribution is 2.67. The van der Waals surface area contributed by atoms with Crippen LogP contribution < -0.4 is 0 Å². The molecule has 0 radical (unpaired) electrons. The van der Waals surface area contributed by atoms with Crippen LogP contribution in [-0.2, 0) is 9.53 Å². The van der Waals surface area contributed by atoms with Crippen molar-refractivity contribution in [2.75, 3.05) is 0 Å². The van der Waals surface area contributed by atoms with Gasteiger partial charge in [0.2, 0.25) is 6.10 Å². The third-order valence-electron chi connectivity index (χ3n) is 3.65. The molecule has 0 aromatic heterocycles. The average Bonchev–Trinajstić information content (AvgIpc) is 2.49. The molecule has 0 amide bonds. The van der Waals surface area contributed by atoms with Crippen LogP contribution in [0.15, 0.2) is 12.2 Å². The van der Waals surface area contributed by atoms with E-state index in [9.17, 15) is 66.3 Å². The van der Waals surface area contributed by atoms with Crippen molar-refractivity contribution >= 4 is 5.97 Å². The Morgan fingerprint density at radius 1 is 0.643 bits per heavy atom. The van der Waals surface area contributed by atoms with Crippen LogP contribution in [0.25, 0.3) is 0 Å². The van der Waals surface area contributed by atoms with Crippen molar-refractivity contribution in [3.8, 4) is 0 Å². The summed E-state index contributed by atoms with van der Waals surface area (Å²) in [6, 6.07) is 0. The molecule has 16 heteroatoms. The number of alkyl halides is 14. The Bertz CT molecular complexity index is 638. The molecule has 164 valence electrons. The van der Waals surface area contributed by atoms with E-state index in [1.165, 1.54) is 0 Å². The second-order valence-electron chi connectivity index (χ2n) is 5.68. The monoisotopic (exact) mass is 448 g/mol. The molecule has 0 aliphatic heterocycles. The van der Waals surface area contributed by atoms with E-state index >= 15 is 0 Å². The van der Waals surface area contributed by atoms with Crippen molar-refractivity contribution < 1.29 is 71.0 Å². The van der Waals surface area contributed by atoms with E-state index in [0.29, 0.717) is 6.92 Å². The van der Waals surface area contributed by atoms with Gasteiger partial charge < -0.3 is 4.74 Å². The number of rotatable bonds is 2. The lowest BCUT2D eigenvalue weighted by molar-refractivity contribution is -0.479. The van der Waals surface area contributed by atoms with Crippen LogP contribution in [0.2, 0.25) is 0 Å². The highest BCUT2D eigenvalue weighted by atomic mass is 19.4. The first-order chi connectivity index (χ1) is 12.0. The molecule has 0 N–H and O–H groups in total. The fraction of sp³-hybridized carbons (Fsp3) is 0.750. The van der Waals surface area contributed by atoms with Gasteiger partial charge in [-0.1, -0.05) is 6.58 Å². The second kappa shape index (κ2) is 5.87. The molecule has 0 spiro atoms. The summed E-state index contributed by atoms with van der Waals surface area (Å²) in [6.45, 7) is 3.01. The van der Waals surface area contributed by atoms with E-state index in [1.54, 1.807) is 0 Å². The Balaban J connectivity index is 4.01. The molecule has 0 saturated heterocycles. The highest BCUT2D eigenvalue weighted by molar-refractivity contribution is 5.87.